The molecule has 5 heteroatoms. The molecule has 2 bridgehead atoms. The van der Waals surface area contributed by atoms with E-state index in [0.717, 1.165) is 23.9 Å². The predicted octanol–water partition coefficient (Wildman–Crippen LogP) is 3.69. The summed E-state index contributed by atoms with van der Waals surface area (Å²) in [5, 5.41) is 9.38. The number of benzene rings is 1. The van der Waals surface area contributed by atoms with Gasteiger partial charge in [-0.25, -0.2) is 5.43 Å². The third-order valence-electron chi connectivity index (χ3n) is 6.61. The summed E-state index contributed by atoms with van der Waals surface area (Å²) >= 11 is 0. The van der Waals surface area contributed by atoms with Gasteiger partial charge in [0.25, 0.3) is 0 Å². The molecule has 2 fully saturated rings. The number of carbonyl (C=O) groups excluding carboxylic acids is 1. The second-order valence-electron chi connectivity index (χ2n) is 7.89. The molecule has 126 valence electrons. The molecule has 0 aliphatic heterocycles. The van der Waals surface area contributed by atoms with E-state index in [1.807, 2.05) is 24.3 Å². The van der Waals surface area contributed by atoms with Crippen molar-refractivity contribution in [1.29, 1.82) is 0 Å². The Morgan fingerprint density at radius 1 is 1.38 bits per heavy atom. The highest BCUT2D eigenvalue weighted by Gasteiger charge is 2.59. The van der Waals surface area contributed by atoms with Gasteiger partial charge < -0.3 is 4.52 Å². The molecule has 1 amide bonds. The lowest BCUT2D eigenvalue weighted by Gasteiger charge is -2.34. The molecule has 2 aromatic rings. The van der Waals surface area contributed by atoms with Crippen LogP contribution in [0.25, 0.3) is 11.0 Å². The molecule has 2 atom stereocenters. The summed E-state index contributed by atoms with van der Waals surface area (Å²) in [4.78, 5) is 12.3. The van der Waals surface area contributed by atoms with E-state index in [4.69, 9.17) is 4.52 Å². The Bertz CT molecular complexity index is 836. The van der Waals surface area contributed by atoms with Gasteiger partial charge in [0.15, 0.2) is 5.58 Å². The predicted molar refractivity (Wildman–Crippen MR) is 92.5 cm³/mol. The van der Waals surface area contributed by atoms with E-state index in [-0.39, 0.29) is 23.2 Å². The number of hydrogen-bond acceptors (Lipinski definition) is 4. The van der Waals surface area contributed by atoms with Crippen molar-refractivity contribution < 1.29 is 9.32 Å². The summed E-state index contributed by atoms with van der Waals surface area (Å²) in [5.74, 6) is 0.531. The molecule has 5 nitrogen and oxygen atoms in total. The van der Waals surface area contributed by atoms with Crippen molar-refractivity contribution in [2.24, 2.45) is 21.8 Å². The fraction of sp³-hybridized carbons (Fsp3) is 0.526. The summed E-state index contributed by atoms with van der Waals surface area (Å²) in [6.45, 7) is 6.95. The number of rotatable bonds is 3. The normalized spacial score (nSPS) is 29.5. The average Bonchev–Trinajstić information content (AvgIpc) is 3.12. The average molecular weight is 325 g/mol. The van der Waals surface area contributed by atoms with Gasteiger partial charge >= 0.3 is 0 Å². The zero-order valence-electron chi connectivity index (χ0n) is 14.4. The van der Waals surface area contributed by atoms with Crippen molar-refractivity contribution in [1.82, 2.24) is 10.6 Å². The van der Waals surface area contributed by atoms with Crippen molar-refractivity contribution in [3.05, 3.63) is 30.0 Å². The molecule has 1 aromatic carbocycles. The van der Waals surface area contributed by atoms with E-state index in [1.54, 1.807) is 0 Å². The molecule has 0 unspecified atom stereocenters. The lowest BCUT2D eigenvalue weighted by Crippen LogP contribution is -2.34. The van der Waals surface area contributed by atoms with Crippen LogP contribution in [0.15, 0.2) is 33.9 Å². The first kappa shape index (κ1) is 15.4. The molecule has 2 aliphatic rings. The Morgan fingerprint density at radius 3 is 2.88 bits per heavy atom. The topological polar surface area (TPSA) is 67.5 Å². The largest absolute Gasteiger partial charge is 0.356 e. The molecule has 24 heavy (non-hydrogen) atoms. The maximum absolute atomic E-state index is 12.3. The van der Waals surface area contributed by atoms with Crippen LogP contribution in [0.3, 0.4) is 0 Å². The number of fused-ring (bicyclic) bond motifs is 3. The molecule has 0 radical (unpaired) electrons. The van der Waals surface area contributed by atoms with Crippen LogP contribution in [-0.4, -0.2) is 16.8 Å². The minimum Gasteiger partial charge on any atom is -0.356 e. The molecule has 0 saturated heterocycles. The minimum atomic E-state index is -0.147. The van der Waals surface area contributed by atoms with Crippen molar-refractivity contribution in [2.45, 2.75) is 46.5 Å². The third-order valence-corrected chi connectivity index (χ3v) is 6.61. The molecular weight excluding hydrogens is 302 g/mol. The second-order valence-corrected chi connectivity index (χ2v) is 7.89. The number of para-hydroxylation sites is 1. The van der Waals surface area contributed by atoms with Gasteiger partial charge in [0.1, 0.15) is 5.69 Å². The Kier molecular flexibility index (Phi) is 3.31. The van der Waals surface area contributed by atoms with Crippen LogP contribution in [0, 0.1) is 16.7 Å². The van der Waals surface area contributed by atoms with Crippen LogP contribution < -0.4 is 5.43 Å². The van der Waals surface area contributed by atoms with Gasteiger partial charge in [0.05, 0.1) is 6.42 Å². The van der Waals surface area contributed by atoms with E-state index in [9.17, 15) is 4.79 Å². The van der Waals surface area contributed by atoms with E-state index in [2.05, 4.69) is 36.5 Å². The highest BCUT2D eigenvalue weighted by atomic mass is 16.5. The minimum absolute atomic E-state index is 0.103. The maximum Gasteiger partial charge on any atom is 0.246 e. The number of amides is 1. The van der Waals surface area contributed by atoms with Gasteiger partial charge in [0.2, 0.25) is 5.91 Å². The molecule has 2 saturated carbocycles. The molecule has 4 rings (SSSR count). The van der Waals surface area contributed by atoms with Crippen LogP contribution in [0.4, 0.5) is 0 Å². The SMILES string of the molecule is CC1(C)[C@@H]2CC[C@]1(C)/C(=N/NC(=O)Cc1noc3ccccc13)C2. The molecule has 1 heterocycles. The van der Waals surface area contributed by atoms with Crippen molar-refractivity contribution >= 4 is 22.6 Å². The number of nitrogens with zero attached hydrogens (tertiary/aromatic N) is 2. The number of hydrogen-bond donors (Lipinski definition) is 1. The molecule has 1 aromatic heterocycles. The Morgan fingerprint density at radius 2 is 2.17 bits per heavy atom. The molecule has 1 N–H and O–H groups in total. The van der Waals surface area contributed by atoms with Crippen LogP contribution in [0.1, 0.15) is 45.7 Å². The Labute approximate surface area is 141 Å². The summed E-state index contributed by atoms with van der Waals surface area (Å²) in [6.07, 6.45) is 3.60. The van der Waals surface area contributed by atoms with Gasteiger partial charge in [-0.05, 0) is 42.7 Å². The van der Waals surface area contributed by atoms with Gasteiger partial charge in [0, 0.05) is 16.5 Å². The fourth-order valence-corrected chi connectivity index (χ4v) is 4.48. The first-order valence-electron chi connectivity index (χ1n) is 8.61. The Hall–Kier alpha value is -2.17. The second kappa shape index (κ2) is 5.16. The monoisotopic (exact) mass is 325 g/mol. The zero-order valence-corrected chi connectivity index (χ0v) is 14.4. The molecule has 0 spiro atoms. The molecule has 2 aliphatic carbocycles. The van der Waals surface area contributed by atoms with E-state index >= 15 is 0 Å². The number of aromatic nitrogens is 1. The highest BCUT2D eigenvalue weighted by molar-refractivity contribution is 5.95. The van der Waals surface area contributed by atoms with Crippen molar-refractivity contribution in [3.63, 3.8) is 0 Å². The maximum atomic E-state index is 12.3. The number of carbonyl (C=O) groups is 1. The quantitative estimate of drug-likeness (QED) is 0.875. The van der Waals surface area contributed by atoms with Crippen LogP contribution in [-0.2, 0) is 11.2 Å². The first-order valence-corrected chi connectivity index (χ1v) is 8.61. The summed E-state index contributed by atoms with van der Waals surface area (Å²) in [6, 6.07) is 7.57. The van der Waals surface area contributed by atoms with Gasteiger partial charge in [-0.15, -0.1) is 0 Å². The molecular formula is C19H23N3O2. The number of nitrogens with one attached hydrogen (secondary N) is 1. The van der Waals surface area contributed by atoms with Crippen LogP contribution in [0.2, 0.25) is 0 Å². The van der Waals surface area contributed by atoms with E-state index in [0.29, 0.717) is 17.2 Å². The van der Waals surface area contributed by atoms with Crippen molar-refractivity contribution in [3.8, 4) is 0 Å². The van der Waals surface area contributed by atoms with Gasteiger partial charge in [-0.3, -0.25) is 4.79 Å². The lowest BCUT2D eigenvalue weighted by molar-refractivity contribution is -0.120. The third kappa shape index (κ3) is 2.10. The first-order chi connectivity index (χ1) is 11.4. The van der Waals surface area contributed by atoms with E-state index in [1.165, 1.54) is 6.42 Å². The van der Waals surface area contributed by atoms with Crippen LogP contribution >= 0.6 is 0 Å². The smallest absolute Gasteiger partial charge is 0.246 e. The van der Waals surface area contributed by atoms with Gasteiger partial charge in [-0.1, -0.05) is 38.1 Å². The van der Waals surface area contributed by atoms with Gasteiger partial charge in [-0.2, -0.15) is 5.10 Å². The number of hydrazone groups is 1. The fourth-order valence-electron chi connectivity index (χ4n) is 4.48. The van der Waals surface area contributed by atoms with Crippen LogP contribution in [0.5, 0.6) is 0 Å². The lowest BCUT2D eigenvalue weighted by atomic mass is 9.70. The standard InChI is InChI=1S/C19H23N3O2/c1-18(2)12-8-9-19(18,3)16(10-12)20-21-17(23)11-14-13-6-4-5-7-15(13)24-22-14/h4-7,12H,8-11H2,1-3H3,(H,21,23)/b20-16+/t12-,19-/m1/s1. The summed E-state index contributed by atoms with van der Waals surface area (Å²) in [5.41, 5.74) is 5.61. The summed E-state index contributed by atoms with van der Waals surface area (Å²) < 4.78 is 5.25. The Balaban J connectivity index is 1.48. The highest BCUT2D eigenvalue weighted by Crippen LogP contribution is 2.63. The summed E-state index contributed by atoms with van der Waals surface area (Å²) in [7, 11) is 0. The van der Waals surface area contributed by atoms with E-state index < -0.39 is 0 Å². The zero-order chi connectivity index (χ0) is 16.9. The van der Waals surface area contributed by atoms with Crippen molar-refractivity contribution in [2.75, 3.05) is 0 Å².